The van der Waals surface area contributed by atoms with E-state index in [9.17, 15) is 4.79 Å². The van der Waals surface area contributed by atoms with Gasteiger partial charge in [-0.2, -0.15) is 0 Å². The third-order valence-corrected chi connectivity index (χ3v) is 2.52. The lowest BCUT2D eigenvalue weighted by Crippen LogP contribution is -1.94. The molecule has 0 amide bonds. The van der Waals surface area contributed by atoms with E-state index < -0.39 is 0 Å². The van der Waals surface area contributed by atoms with Crippen LogP contribution in [0.5, 0.6) is 0 Å². The van der Waals surface area contributed by atoms with E-state index in [0.717, 1.165) is 16.9 Å². The fraction of sp³-hybridized carbons (Fsp3) is 0. The number of anilines is 1. The molecular formula is C9H7NOS. The smallest absolute Gasteiger partial charge is 0.150 e. The summed E-state index contributed by atoms with van der Waals surface area (Å²) in [4.78, 5) is 11.6. The topological polar surface area (TPSA) is 29.1 Å². The number of rotatable bonds is 1. The van der Waals surface area contributed by atoms with Crippen molar-refractivity contribution in [2.45, 2.75) is 4.90 Å². The number of benzene rings is 1. The Labute approximate surface area is 74.7 Å². The van der Waals surface area contributed by atoms with E-state index in [1.807, 2.05) is 29.8 Å². The highest BCUT2D eigenvalue weighted by Crippen LogP contribution is 2.31. The van der Waals surface area contributed by atoms with Gasteiger partial charge in [0.2, 0.25) is 0 Å². The van der Waals surface area contributed by atoms with Crippen molar-refractivity contribution in [3.63, 3.8) is 0 Å². The third-order valence-electron chi connectivity index (χ3n) is 1.64. The van der Waals surface area contributed by atoms with Gasteiger partial charge in [-0.1, -0.05) is 17.8 Å². The Morgan fingerprint density at radius 1 is 1.42 bits per heavy atom. The van der Waals surface area contributed by atoms with Gasteiger partial charge in [0.05, 0.1) is 5.69 Å². The number of thioether (sulfide) groups is 1. The summed E-state index contributed by atoms with van der Waals surface area (Å²) in [5.74, 6) is 0. The molecule has 2 nitrogen and oxygen atoms in total. The standard InChI is InChI=1S/C9H7NOS/c11-6-7-1-2-9-8(5-7)10-3-4-12-9/h1-6,10H. The number of hydrogen-bond donors (Lipinski definition) is 1. The Morgan fingerprint density at radius 3 is 3.17 bits per heavy atom. The number of aldehydes is 1. The van der Waals surface area contributed by atoms with Gasteiger partial charge in [-0.25, -0.2) is 0 Å². The highest BCUT2D eigenvalue weighted by Gasteiger charge is 2.04. The molecule has 1 aliphatic heterocycles. The summed E-state index contributed by atoms with van der Waals surface area (Å²) in [5.41, 5.74) is 1.71. The summed E-state index contributed by atoms with van der Waals surface area (Å²) in [6.07, 6.45) is 2.71. The van der Waals surface area contributed by atoms with Crippen molar-refractivity contribution in [1.82, 2.24) is 0 Å². The lowest BCUT2D eigenvalue weighted by molar-refractivity contribution is 0.112. The van der Waals surface area contributed by atoms with Crippen LogP contribution in [0.25, 0.3) is 0 Å². The number of fused-ring (bicyclic) bond motifs is 1. The number of hydrogen-bond acceptors (Lipinski definition) is 3. The van der Waals surface area contributed by atoms with E-state index in [4.69, 9.17) is 0 Å². The van der Waals surface area contributed by atoms with Gasteiger partial charge < -0.3 is 5.32 Å². The van der Waals surface area contributed by atoms with Crippen LogP contribution in [0.2, 0.25) is 0 Å². The molecule has 1 aromatic carbocycles. The van der Waals surface area contributed by atoms with Gasteiger partial charge in [0.15, 0.2) is 0 Å². The first-order valence-electron chi connectivity index (χ1n) is 3.57. The molecule has 0 bridgehead atoms. The minimum Gasteiger partial charge on any atom is -0.360 e. The van der Waals surface area contributed by atoms with E-state index in [2.05, 4.69) is 5.32 Å². The van der Waals surface area contributed by atoms with Gasteiger partial charge in [-0.15, -0.1) is 0 Å². The highest BCUT2D eigenvalue weighted by atomic mass is 32.2. The second-order valence-corrected chi connectivity index (χ2v) is 3.39. The first-order chi connectivity index (χ1) is 5.90. The van der Waals surface area contributed by atoms with E-state index in [-0.39, 0.29) is 0 Å². The summed E-state index contributed by atoms with van der Waals surface area (Å²) < 4.78 is 0. The van der Waals surface area contributed by atoms with Gasteiger partial charge in [0.1, 0.15) is 6.29 Å². The Morgan fingerprint density at radius 2 is 2.33 bits per heavy atom. The van der Waals surface area contributed by atoms with Crippen LogP contribution in [0, 0.1) is 0 Å². The molecule has 0 saturated heterocycles. The zero-order valence-electron chi connectivity index (χ0n) is 6.28. The number of carbonyl (C=O) groups excluding carboxylic acids is 1. The van der Waals surface area contributed by atoms with Crippen molar-refractivity contribution >= 4 is 23.7 Å². The van der Waals surface area contributed by atoms with E-state index in [0.29, 0.717) is 5.56 Å². The highest BCUT2D eigenvalue weighted by molar-refractivity contribution is 8.02. The Balaban J connectivity index is 2.46. The van der Waals surface area contributed by atoms with Gasteiger partial charge in [0.25, 0.3) is 0 Å². The van der Waals surface area contributed by atoms with Gasteiger partial charge in [0, 0.05) is 16.7 Å². The summed E-state index contributed by atoms with van der Waals surface area (Å²) in [5, 5.41) is 5.05. The predicted molar refractivity (Wildman–Crippen MR) is 50.4 cm³/mol. The van der Waals surface area contributed by atoms with Crippen LogP contribution in [0.1, 0.15) is 10.4 Å². The maximum Gasteiger partial charge on any atom is 0.150 e. The first-order valence-corrected chi connectivity index (χ1v) is 4.45. The molecule has 1 aliphatic rings. The minimum absolute atomic E-state index is 0.706. The zero-order chi connectivity index (χ0) is 8.39. The van der Waals surface area contributed by atoms with Gasteiger partial charge >= 0.3 is 0 Å². The molecule has 0 aliphatic carbocycles. The predicted octanol–water partition coefficient (Wildman–Crippen LogP) is 2.49. The van der Waals surface area contributed by atoms with E-state index >= 15 is 0 Å². The monoisotopic (exact) mass is 177 g/mol. The van der Waals surface area contributed by atoms with Crippen LogP contribution in [0.4, 0.5) is 5.69 Å². The maximum absolute atomic E-state index is 10.4. The molecule has 60 valence electrons. The molecule has 2 rings (SSSR count). The second kappa shape index (κ2) is 3.03. The third kappa shape index (κ3) is 1.23. The van der Waals surface area contributed by atoms with Crippen molar-refractivity contribution in [3.05, 3.63) is 35.4 Å². The van der Waals surface area contributed by atoms with Crippen LogP contribution < -0.4 is 5.32 Å². The van der Waals surface area contributed by atoms with Gasteiger partial charge in [-0.3, -0.25) is 4.79 Å². The molecule has 0 aromatic heterocycles. The average molecular weight is 177 g/mol. The van der Waals surface area contributed by atoms with Crippen LogP contribution in [-0.4, -0.2) is 6.29 Å². The van der Waals surface area contributed by atoms with E-state index in [1.165, 1.54) is 0 Å². The zero-order valence-corrected chi connectivity index (χ0v) is 7.10. The lowest BCUT2D eigenvalue weighted by atomic mass is 10.2. The molecular weight excluding hydrogens is 170 g/mol. The quantitative estimate of drug-likeness (QED) is 0.668. The summed E-state index contributed by atoms with van der Waals surface area (Å²) >= 11 is 1.65. The SMILES string of the molecule is O=Cc1ccc2c(c1)NC=CS2. The lowest BCUT2D eigenvalue weighted by Gasteiger charge is -2.11. The van der Waals surface area contributed by atoms with Gasteiger partial charge in [-0.05, 0) is 17.5 Å². The Hall–Kier alpha value is -1.22. The number of carbonyl (C=O) groups is 1. The summed E-state index contributed by atoms with van der Waals surface area (Å²) in [6, 6.07) is 5.61. The molecule has 0 radical (unpaired) electrons. The van der Waals surface area contributed by atoms with Crippen molar-refractivity contribution in [2.24, 2.45) is 0 Å². The normalized spacial score (nSPS) is 13.3. The maximum atomic E-state index is 10.4. The van der Waals surface area contributed by atoms with Crippen molar-refractivity contribution < 1.29 is 4.79 Å². The largest absolute Gasteiger partial charge is 0.360 e. The second-order valence-electron chi connectivity index (χ2n) is 2.44. The minimum atomic E-state index is 0.706. The van der Waals surface area contributed by atoms with Crippen LogP contribution in [-0.2, 0) is 0 Å². The summed E-state index contributed by atoms with van der Waals surface area (Å²) in [7, 11) is 0. The molecule has 0 saturated carbocycles. The van der Waals surface area contributed by atoms with Crippen molar-refractivity contribution in [3.8, 4) is 0 Å². The molecule has 1 aromatic rings. The molecule has 0 spiro atoms. The van der Waals surface area contributed by atoms with Crippen LogP contribution in [0.15, 0.2) is 34.7 Å². The van der Waals surface area contributed by atoms with Crippen molar-refractivity contribution in [1.29, 1.82) is 0 Å². The Kier molecular flexibility index (Phi) is 1.87. The number of nitrogens with one attached hydrogen (secondary N) is 1. The molecule has 0 fully saturated rings. The molecule has 0 unspecified atom stereocenters. The van der Waals surface area contributed by atoms with Crippen LogP contribution >= 0.6 is 11.8 Å². The molecule has 0 atom stereocenters. The molecule has 3 heteroatoms. The fourth-order valence-electron chi connectivity index (χ4n) is 1.07. The average Bonchev–Trinajstić information content (AvgIpc) is 2.17. The van der Waals surface area contributed by atoms with Crippen LogP contribution in [0.3, 0.4) is 0 Å². The Bertz CT molecular complexity index is 346. The van der Waals surface area contributed by atoms with E-state index in [1.54, 1.807) is 11.8 Å². The van der Waals surface area contributed by atoms with Crippen molar-refractivity contribution in [2.75, 3.05) is 5.32 Å². The molecule has 1 heterocycles. The molecule has 1 N–H and O–H groups in total. The first kappa shape index (κ1) is 7.43. The summed E-state index contributed by atoms with van der Waals surface area (Å²) in [6.45, 7) is 0. The fourth-order valence-corrected chi connectivity index (χ4v) is 1.74. The molecule has 12 heavy (non-hydrogen) atoms.